The Bertz CT molecular complexity index is 1200. The molecule has 10 heteroatoms. The summed E-state index contributed by atoms with van der Waals surface area (Å²) in [5.74, 6) is -0.0671. The van der Waals surface area contributed by atoms with E-state index >= 15 is 0 Å². The largest absolute Gasteiger partial charge is 0.492 e. The minimum atomic E-state index is -1.17. The molecule has 5 N–H and O–H groups in total. The Kier molecular flexibility index (Phi) is 11.0. The second kappa shape index (κ2) is 14.7. The van der Waals surface area contributed by atoms with Gasteiger partial charge >= 0.3 is 0 Å². The fourth-order valence-electron chi connectivity index (χ4n) is 5.40. The van der Waals surface area contributed by atoms with Crippen LogP contribution < -0.4 is 31.3 Å². The summed E-state index contributed by atoms with van der Waals surface area (Å²) in [7, 11) is 0. The first-order valence-corrected chi connectivity index (χ1v) is 15.0. The summed E-state index contributed by atoms with van der Waals surface area (Å²) >= 11 is 6.21. The van der Waals surface area contributed by atoms with Gasteiger partial charge in [-0.2, -0.15) is 0 Å². The van der Waals surface area contributed by atoms with Crippen LogP contribution in [0.3, 0.4) is 0 Å². The van der Waals surface area contributed by atoms with E-state index in [0.29, 0.717) is 44.1 Å². The van der Waals surface area contributed by atoms with Crippen molar-refractivity contribution in [3.63, 3.8) is 0 Å². The molecular weight excluding hydrogens is 542 g/mol. The van der Waals surface area contributed by atoms with Gasteiger partial charge in [0.25, 0.3) is 0 Å². The Balaban J connectivity index is 1.61. The Morgan fingerprint density at radius 2 is 1.88 bits per heavy atom. The highest BCUT2D eigenvalue weighted by Crippen LogP contribution is 2.21. The molecule has 222 valence electrons. The summed E-state index contributed by atoms with van der Waals surface area (Å²) in [5, 5.41) is 16.2. The van der Waals surface area contributed by atoms with Gasteiger partial charge < -0.3 is 31.3 Å². The van der Waals surface area contributed by atoms with Gasteiger partial charge in [0.1, 0.15) is 23.9 Å². The first kappa shape index (κ1) is 30.8. The highest BCUT2D eigenvalue weighted by molar-refractivity contribution is 6.30. The molecule has 41 heavy (non-hydrogen) atoms. The number of amides is 3. The Morgan fingerprint density at radius 1 is 1.05 bits per heavy atom. The number of para-hydroxylation sites is 1. The summed E-state index contributed by atoms with van der Waals surface area (Å²) in [6.45, 7) is 6.23. The van der Waals surface area contributed by atoms with Crippen LogP contribution in [0.1, 0.15) is 44.2 Å². The predicted molar refractivity (Wildman–Crippen MR) is 160 cm³/mol. The fraction of sp³-hybridized carbons (Fsp3) is 0.516. The first-order valence-electron chi connectivity index (χ1n) is 14.6. The van der Waals surface area contributed by atoms with Crippen molar-refractivity contribution >= 4 is 29.3 Å². The van der Waals surface area contributed by atoms with Crippen LogP contribution in [0.5, 0.6) is 5.75 Å². The molecule has 2 aliphatic heterocycles. The van der Waals surface area contributed by atoms with Crippen molar-refractivity contribution in [2.24, 2.45) is 5.92 Å². The van der Waals surface area contributed by atoms with Crippen molar-refractivity contribution in [3.8, 4) is 5.75 Å². The molecule has 2 aromatic rings. The molecule has 2 aliphatic rings. The third-order valence-electron chi connectivity index (χ3n) is 8.02. The van der Waals surface area contributed by atoms with Gasteiger partial charge in [0.15, 0.2) is 0 Å². The monoisotopic (exact) mass is 583 g/mol. The summed E-state index contributed by atoms with van der Waals surface area (Å²) in [5.41, 5.74) is 0.714. The van der Waals surface area contributed by atoms with Gasteiger partial charge in [0, 0.05) is 31.1 Å². The number of hydrogen-bond acceptors (Lipinski definition) is 6. The molecule has 1 unspecified atom stereocenters. The number of fused-ring (bicyclic) bond motifs is 1. The molecule has 4 atom stereocenters. The molecular formula is C31H42ClN5O4. The lowest BCUT2D eigenvalue weighted by molar-refractivity contribution is -0.136. The standard InChI is InChI=1S/C31H42ClN5O4/c1-3-21(2)27-29(39)37-31(13-15-33-20-31)30(40)36-25(19-22-8-6-11-24(32)18-22)28(38)35-14-7-10-23-9-4-5-12-26(23)41-17-16-34-27/h4-6,8-9,11-12,18,21,25,27,33-34H,3,7,10,13-17,19-20H2,1-2H3,(H,35,38)(H,36,40)(H,37,39)/t21-,25-,27-,31?/m0/s1. The lowest BCUT2D eigenvalue weighted by Gasteiger charge is -2.33. The number of halogens is 1. The van der Waals surface area contributed by atoms with Crippen LogP contribution in [0, 0.1) is 5.92 Å². The number of rotatable bonds is 4. The lowest BCUT2D eigenvalue weighted by atomic mass is 9.92. The van der Waals surface area contributed by atoms with Gasteiger partial charge in [0.2, 0.25) is 17.7 Å². The first-order chi connectivity index (χ1) is 19.8. The van der Waals surface area contributed by atoms with Crippen LogP contribution in [0.15, 0.2) is 48.5 Å². The van der Waals surface area contributed by atoms with E-state index in [1.807, 2.05) is 50.2 Å². The SMILES string of the molecule is CC[C@H](C)[C@@H]1NCCOc2ccccc2CCCNC(=O)[C@H](Cc2cccc(Cl)c2)NC(=O)C2(CCNC2)NC1=O. The van der Waals surface area contributed by atoms with Gasteiger partial charge in [0.05, 0.1) is 6.04 Å². The molecule has 0 saturated carbocycles. The molecule has 1 fully saturated rings. The molecule has 1 saturated heterocycles. The van der Waals surface area contributed by atoms with E-state index in [4.69, 9.17) is 16.3 Å². The Labute approximate surface area is 247 Å². The van der Waals surface area contributed by atoms with Crippen molar-refractivity contribution in [3.05, 3.63) is 64.7 Å². The maximum atomic E-state index is 13.9. The van der Waals surface area contributed by atoms with Crippen LogP contribution >= 0.6 is 11.6 Å². The van der Waals surface area contributed by atoms with E-state index in [-0.39, 0.29) is 36.6 Å². The zero-order valence-electron chi connectivity index (χ0n) is 23.9. The summed E-state index contributed by atoms with van der Waals surface area (Å²) < 4.78 is 6.09. The zero-order valence-corrected chi connectivity index (χ0v) is 24.7. The maximum Gasteiger partial charge on any atom is 0.247 e. The second-order valence-corrected chi connectivity index (χ2v) is 11.5. The summed E-state index contributed by atoms with van der Waals surface area (Å²) in [4.78, 5) is 41.0. The number of carbonyl (C=O) groups excluding carboxylic acids is 3. The Morgan fingerprint density at radius 3 is 2.63 bits per heavy atom. The van der Waals surface area contributed by atoms with Crippen LogP contribution in [-0.4, -0.2) is 68.1 Å². The van der Waals surface area contributed by atoms with Crippen molar-refractivity contribution < 1.29 is 19.1 Å². The lowest BCUT2D eigenvalue weighted by Crippen LogP contribution is -2.66. The van der Waals surface area contributed by atoms with Crippen LogP contribution in [0.25, 0.3) is 0 Å². The molecule has 3 amide bonds. The highest BCUT2D eigenvalue weighted by Gasteiger charge is 2.45. The predicted octanol–water partition coefficient (Wildman–Crippen LogP) is 2.36. The maximum absolute atomic E-state index is 13.9. The number of benzene rings is 2. The van der Waals surface area contributed by atoms with Crippen molar-refractivity contribution in [1.82, 2.24) is 26.6 Å². The molecule has 0 radical (unpaired) electrons. The van der Waals surface area contributed by atoms with Gasteiger partial charge in [-0.1, -0.05) is 62.2 Å². The van der Waals surface area contributed by atoms with Gasteiger partial charge in [-0.05, 0) is 61.1 Å². The molecule has 0 aromatic heterocycles. The quantitative estimate of drug-likeness (QED) is 0.377. The van der Waals surface area contributed by atoms with Crippen LogP contribution in [0.2, 0.25) is 5.02 Å². The van der Waals surface area contributed by atoms with Gasteiger partial charge in [-0.25, -0.2) is 0 Å². The fourth-order valence-corrected chi connectivity index (χ4v) is 5.61. The second-order valence-electron chi connectivity index (χ2n) is 11.0. The normalized spacial score (nSPS) is 25.6. The van der Waals surface area contributed by atoms with Crippen molar-refractivity contribution in [1.29, 1.82) is 0 Å². The smallest absolute Gasteiger partial charge is 0.247 e. The number of nitrogens with one attached hydrogen (secondary N) is 5. The third-order valence-corrected chi connectivity index (χ3v) is 8.25. The molecule has 2 heterocycles. The average molecular weight is 584 g/mol. The number of hydrogen-bond donors (Lipinski definition) is 5. The van der Waals surface area contributed by atoms with E-state index in [0.717, 1.165) is 29.7 Å². The highest BCUT2D eigenvalue weighted by atomic mass is 35.5. The zero-order chi connectivity index (χ0) is 29.2. The van der Waals surface area contributed by atoms with E-state index in [9.17, 15) is 14.4 Å². The average Bonchev–Trinajstić information content (AvgIpc) is 3.44. The van der Waals surface area contributed by atoms with Crippen LogP contribution in [-0.2, 0) is 27.2 Å². The van der Waals surface area contributed by atoms with Gasteiger partial charge in [-0.15, -0.1) is 0 Å². The van der Waals surface area contributed by atoms with Crippen LogP contribution in [0.4, 0.5) is 0 Å². The van der Waals surface area contributed by atoms with E-state index in [2.05, 4.69) is 26.6 Å². The minimum absolute atomic E-state index is 0.0312. The Hall–Kier alpha value is -3.14. The number of aryl methyl sites for hydroxylation is 1. The third kappa shape index (κ3) is 8.21. The van der Waals surface area contributed by atoms with E-state index in [1.165, 1.54) is 0 Å². The van der Waals surface area contributed by atoms with E-state index < -0.39 is 17.6 Å². The molecule has 0 aliphatic carbocycles. The molecule has 0 bridgehead atoms. The minimum Gasteiger partial charge on any atom is -0.492 e. The van der Waals surface area contributed by atoms with Crippen molar-refractivity contribution in [2.75, 3.05) is 32.8 Å². The molecule has 9 nitrogen and oxygen atoms in total. The van der Waals surface area contributed by atoms with E-state index in [1.54, 1.807) is 12.1 Å². The van der Waals surface area contributed by atoms with Gasteiger partial charge in [-0.3, -0.25) is 14.4 Å². The number of ether oxygens (including phenoxy) is 1. The topological polar surface area (TPSA) is 121 Å². The molecule has 2 aromatic carbocycles. The summed E-state index contributed by atoms with van der Waals surface area (Å²) in [6, 6.07) is 13.8. The molecule has 1 spiro atoms. The number of carbonyl (C=O) groups is 3. The summed E-state index contributed by atoms with van der Waals surface area (Å²) in [6.07, 6.45) is 2.91. The molecule has 4 rings (SSSR count). The van der Waals surface area contributed by atoms with Crippen molar-refractivity contribution in [2.45, 2.75) is 63.6 Å².